The summed E-state index contributed by atoms with van der Waals surface area (Å²) in [6, 6.07) is 10.2. The molecule has 1 heterocycles. The number of aldehydes is 1. The Labute approximate surface area is 90.9 Å². The highest BCUT2D eigenvalue weighted by Crippen LogP contribution is 2.24. The van der Waals surface area contributed by atoms with Crippen LogP contribution in [0.4, 0.5) is 5.69 Å². The third-order valence-electron chi connectivity index (χ3n) is 2.05. The van der Waals surface area contributed by atoms with Gasteiger partial charge < -0.3 is 4.42 Å². The zero-order valence-corrected chi connectivity index (χ0v) is 8.20. The minimum atomic E-state index is 0.286. The van der Waals surface area contributed by atoms with E-state index in [1.807, 2.05) is 0 Å². The first-order valence-electron chi connectivity index (χ1n) is 4.54. The molecule has 5 nitrogen and oxygen atoms in total. The van der Waals surface area contributed by atoms with Crippen molar-refractivity contribution in [2.45, 2.75) is 0 Å². The third kappa shape index (κ3) is 1.94. The van der Waals surface area contributed by atoms with E-state index in [1.165, 1.54) is 0 Å². The number of nitrogens with zero attached hydrogens (tertiary/aromatic N) is 3. The van der Waals surface area contributed by atoms with Crippen LogP contribution in [0.3, 0.4) is 0 Å². The molecular weight excluding hydrogens is 206 g/mol. The molecule has 16 heavy (non-hydrogen) atoms. The van der Waals surface area contributed by atoms with E-state index >= 15 is 0 Å². The van der Waals surface area contributed by atoms with E-state index in [1.54, 1.807) is 36.4 Å². The van der Waals surface area contributed by atoms with Crippen LogP contribution in [0, 0.1) is 0 Å². The second kappa shape index (κ2) is 4.33. The average molecular weight is 213 g/mol. The Bertz CT molecular complexity index is 551. The van der Waals surface area contributed by atoms with Gasteiger partial charge in [0.25, 0.3) is 0 Å². The third-order valence-corrected chi connectivity index (χ3v) is 2.05. The Balaban J connectivity index is 2.33. The quantitative estimate of drug-likeness (QED) is 0.337. The van der Waals surface area contributed by atoms with Gasteiger partial charge in [0.1, 0.15) is 5.76 Å². The minimum absolute atomic E-state index is 0.286. The molecule has 0 saturated carbocycles. The van der Waals surface area contributed by atoms with Gasteiger partial charge in [-0.25, -0.2) is 0 Å². The van der Waals surface area contributed by atoms with E-state index in [9.17, 15) is 4.79 Å². The van der Waals surface area contributed by atoms with Crippen LogP contribution >= 0.6 is 0 Å². The van der Waals surface area contributed by atoms with E-state index in [0.717, 1.165) is 5.56 Å². The Hall–Kier alpha value is -2.52. The normalized spacial score (nSPS) is 9.50. The zero-order valence-electron chi connectivity index (χ0n) is 8.20. The summed E-state index contributed by atoms with van der Waals surface area (Å²) in [6.07, 6.45) is 0.651. The van der Waals surface area contributed by atoms with Crippen LogP contribution < -0.4 is 0 Å². The number of benzene rings is 1. The Morgan fingerprint density at radius 2 is 1.94 bits per heavy atom. The highest BCUT2D eigenvalue weighted by atomic mass is 16.3. The summed E-state index contributed by atoms with van der Waals surface area (Å²) in [5.74, 6) is 0.892. The lowest BCUT2D eigenvalue weighted by molar-refractivity contribution is 0.110. The highest BCUT2D eigenvalue weighted by Gasteiger charge is 2.03. The van der Waals surface area contributed by atoms with Gasteiger partial charge in [-0.2, -0.15) is 0 Å². The van der Waals surface area contributed by atoms with E-state index in [2.05, 4.69) is 10.0 Å². The first kappa shape index (κ1) is 10.0. The van der Waals surface area contributed by atoms with Gasteiger partial charge in [0.15, 0.2) is 12.0 Å². The molecule has 0 saturated heterocycles. The molecule has 0 unspecified atom stereocenters. The molecule has 2 rings (SSSR count). The van der Waals surface area contributed by atoms with Crippen molar-refractivity contribution in [3.63, 3.8) is 0 Å². The Morgan fingerprint density at radius 3 is 2.50 bits per heavy atom. The van der Waals surface area contributed by atoms with Crippen LogP contribution in [-0.2, 0) is 0 Å². The number of carbonyl (C=O) groups excluding carboxylic acids is 1. The van der Waals surface area contributed by atoms with Gasteiger partial charge >= 0.3 is 0 Å². The first-order chi connectivity index (χ1) is 7.83. The SMILES string of the molecule is [N-]=[N+]=Nc1ccc(-c2ccc(C=O)o2)cc1. The molecular formula is C11H7N3O2. The van der Waals surface area contributed by atoms with Gasteiger partial charge in [-0.15, -0.1) is 0 Å². The minimum Gasteiger partial charge on any atom is -0.453 e. The molecule has 1 aromatic carbocycles. The van der Waals surface area contributed by atoms with Crippen LogP contribution in [0.1, 0.15) is 10.6 Å². The van der Waals surface area contributed by atoms with Gasteiger partial charge in [0, 0.05) is 16.2 Å². The Morgan fingerprint density at radius 1 is 1.19 bits per heavy atom. The first-order valence-corrected chi connectivity index (χ1v) is 4.54. The van der Waals surface area contributed by atoms with E-state index in [0.29, 0.717) is 17.7 Å². The maximum absolute atomic E-state index is 10.4. The van der Waals surface area contributed by atoms with Crippen molar-refractivity contribution in [1.29, 1.82) is 0 Å². The van der Waals surface area contributed by atoms with Crippen molar-refractivity contribution in [3.8, 4) is 11.3 Å². The molecule has 0 bridgehead atoms. The molecule has 0 radical (unpaired) electrons. The van der Waals surface area contributed by atoms with Gasteiger partial charge in [-0.05, 0) is 17.7 Å². The molecule has 0 aliphatic carbocycles. The largest absolute Gasteiger partial charge is 0.453 e. The molecule has 2 aromatic rings. The number of hydrogen-bond donors (Lipinski definition) is 0. The number of carbonyl (C=O) groups is 1. The van der Waals surface area contributed by atoms with Crippen LogP contribution in [-0.4, -0.2) is 6.29 Å². The molecule has 0 amide bonds. The van der Waals surface area contributed by atoms with Crippen molar-refractivity contribution < 1.29 is 9.21 Å². The predicted octanol–water partition coefficient (Wildman–Crippen LogP) is 3.70. The van der Waals surface area contributed by atoms with E-state index in [-0.39, 0.29) is 5.76 Å². The maximum Gasteiger partial charge on any atom is 0.185 e. The van der Waals surface area contributed by atoms with E-state index in [4.69, 9.17) is 9.95 Å². The lowest BCUT2D eigenvalue weighted by Gasteiger charge is -1.96. The molecule has 0 aliphatic rings. The highest BCUT2D eigenvalue weighted by molar-refractivity contribution is 5.73. The molecule has 0 fully saturated rings. The fraction of sp³-hybridized carbons (Fsp3) is 0. The topological polar surface area (TPSA) is 79.0 Å². The number of furan rings is 1. The fourth-order valence-corrected chi connectivity index (χ4v) is 1.32. The molecule has 0 atom stereocenters. The van der Waals surface area contributed by atoms with Gasteiger partial charge in [-0.1, -0.05) is 29.4 Å². The van der Waals surface area contributed by atoms with E-state index < -0.39 is 0 Å². The lowest BCUT2D eigenvalue weighted by atomic mass is 10.1. The summed E-state index contributed by atoms with van der Waals surface area (Å²) in [6.45, 7) is 0. The average Bonchev–Trinajstić information content (AvgIpc) is 2.79. The van der Waals surface area contributed by atoms with Crippen molar-refractivity contribution in [2.24, 2.45) is 5.11 Å². The zero-order chi connectivity index (χ0) is 11.4. The number of hydrogen-bond acceptors (Lipinski definition) is 3. The summed E-state index contributed by atoms with van der Waals surface area (Å²) in [5, 5.41) is 3.46. The second-order valence-electron chi connectivity index (χ2n) is 3.06. The smallest absolute Gasteiger partial charge is 0.185 e. The lowest BCUT2D eigenvalue weighted by Crippen LogP contribution is -1.72. The summed E-state index contributed by atoms with van der Waals surface area (Å²) >= 11 is 0. The molecule has 0 aliphatic heterocycles. The second-order valence-corrected chi connectivity index (χ2v) is 3.06. The monoisotopic (exact) mass is 213 g/mol. The van der Waals surface area contributed by atoms with Gasteiger partial charge in [0.05, 0.1) is 0 Å². The molecule has 0 spiro atoms. The number of azide groups is 1. The van der Waals surface area contributed by atoms with Gasteiger partial charge in [-0.3, -0.25) is 4.79 Å². The Kier molecular flexibility index (Phi) is 2.71. The van der Waals surface area contributed by atoms with Gasteiger partial charge in [0.2, 0.25) is 0 Å². The van der Waals surface area contributed by atoms with Crippen LogP contribution in [0.2, 0.25) is 0 Å². The fourth-order valence-electron chi connectivity index (χ4n) is 1.32. The maximum atomic E-state index is 10.4. The number of rotatable bonds is 3. The van der Waals surface area contributed by atoms with Crippen molar-refractivity contribution in [1.82, 2.24) is 0 Å². The summed E-state index contributed by atoms with van der Waals surface area (Å²) in [7, 11) is 0. The molecule has 5 heteroatoms. The van der Waals surface area contributed by atoms with Crippen LogP contribution in [0.5, 0.6) is 0 Å². The van der Waals surface area contributed by atoms with Crippen molar-refractivity contribution in [2.75, 3.05) is 0 Å². The standard InChI is InChI=1S/C11H7N3O2/c12-14-13-9-3-1-8(2-4-9)11-6-5-10(7-15)16-11/h1-7H. The van der Waals surface area contributed by atoms with Crippen LogP contribution in [0.15, 0.2) is 45.9 Å². The molecule has 78 valence electrons. The summed E-state index contributed by atoms with van der Waals surface area (Å²) < 4.78 is 5.25. The molecule has 0 N–H and O–H groups in total. The summed E-state index contributed by atoms with van der Waals surface area (Å²) in [4.78, 5) is 13.1. The summed E-state index contributed by atoms with van der Waals surface area (Å²) in [5.41, 5.74) is 9.60. The van der Waals surface area contributed by atoms with Crippen LogP contribution in [0.25, 0.3) is 21.8 Å². The molecule has 1 aromatic heterocycles. The van der Waals surface area contributed by atoms with Crippen molar-refractivity contribution >= 4 is 12.0 Å². The predicted molar refractivity (Wildman–Crippen MR) is 58.3 cm³/mol. The van der Waals surface area contributed by atoms with Crippen molar-refractivity contribution in [3.05, 3.63) is 52.6 Å².